The van der Waals surface area contributed by atoms with Crippen molar-refractivity contribution in [1.29, 1.82) is 0 Å². The van der Waals surface area contributed by atoms with Gasteiger partial charge in [-0.2, -0.15) is 0 Å². The molecule has 0 bridgehead atoms. The molecular formula is C16H17BrO2. The molecule has 1 N–H and O–H groups in total. The Morgan fingerprint density at radius 3 is 2.53 bits per heavy atom. The molecule has 3 heteroatoms. The topological polar surface area (TPSA) is 29.5 Å². The normalized spacial score (nSPS) is 12.2. The van der Waals surface area contributed by atoms with Gasteiger partial charge in [0.05, 0.1) is 13.7 Å². The number of benzene rings is 2. The fourth-order valence-corrected chi connectivity index (χ4v) is 2.52. The molecule has 2 aromatic carbocycles. The van der Waals surface area contributed by atoms with E-state index in [2.05, 4.69) is 28.1 Å². The molecule has 2 aromatic rings. The number of halogens is 1. The maximum Gasteiger partial charge on any atom is 0.119 e. The zero-order valence-corrected chi connectivity index (χ0v) is 12.4. The lowest BCUT2D eigenvalue weighted by atomic mass is 9.93. The van der Waals surface area contributed by atoms with Crippen LogP contribution in [-0.4, -0.2) is 18.8 Å². The van der Waals surface area contributed by atoms with Crippen LogP contribution >= 0.6 is 15.9 Å². The summed E-state index contributed by atoms with van der Waals surface area (Å²) in [5.41, 5.74) is 2.29. The molecule has 0 spiro atoms. The summed E-state index contributed by atoms with van der Waals surface area (Å²) in [4.78, 5) is 0. The van der Waals surface area contributed by atoms with Crippen molar-refractivity contribution in [3.63, 3.8) is 0 Å². The molecule has 100 valence electrons. The minimum atomic E-state index is 0.101. The maximum atomic E-state index is 9.61. The third-order valence-electron chi connectivity index (χ3n) is 3.21. The predicted octanol–water partition coefficient (Wildman–Crippen LogP) is 3.78. The monoisotopic (exact) mass is 320 g/mol. The number of hydrogen-bond donors (Lipinski definition) is 1. The van der Waals surface area contributed by atoms with Crippen LogP contribution in [0.2, 0.25) is 0 Å². The average molecular weight is 321 g/mol. The van der Waals surface area contributed by atoms with Crippen LogP contribution < -0.4 is 4.74 Å². The first kappa shape index (κ1) is 14.1. The molecule has 0 fully saturated rings. The van der Waals surface area contributed by atoms with Gasteiger partial charge in [-0.15, -0.1) is 0 Å². The van der Waals surface area contributed by atoms with Gasteiger partial charge in [0, 0.05) is 10.4 Å². The van der Waals surface area contributed by atoms with Gasteiger partial charge in [-0.05, 0) is 35.7 Å². The number of methoxy groups -OCH3 is 1. The highest BCUT2D eigenvalue weighted by atomic mass is 79.9. The predicted molar refractivity (Wildman–Crippen MR) is 80.7 cm³/mol. The second kappa shape index (κ2) is 6.73. The third-order valence-corrected chi connectivity index (χ3v) is 3.98. The maximum absolute atomic E-state index is 9.61. The highest BCUT2D eigenvalue weighted by Gasteiger charge is 2.13. The SMILES string of the molecule is COc1ccc(Br)c(CC(CO)c2ccccc2)c1. The first-order valence-electron chi connectivity index (χ1n) is 6.23. The average Bonchev–Trinajstić information content (AvgIpc) is 2.47. The molecule has 2 rings (SSSR count). The molecule has 0 saturated carbocycles. The van der Waals surface area contributed by atoms with Gasteiger partial charge >= 0.3 is 0 Å². The van der Waals surface area contributed by atoms with Crippen molar-refractivity contribution in [2.45, 2.75) is 12.3 Å². The molecule has 0 radical (unpaired) electrons. The van der Waals surface area contributed by atoms with Crippen molar-refractivity contribution in [2.75, 3.05) is 13.7 Å². The standard InChI is InChI=1S/C16H17BrO2/c1-19-15-7-8-16(17)13(10-15)9-14(11-18)12-5-3-2-4-6-12/h2-8,10,14,18H,9,11H2,1H3. The minimum absolute atomic E-state index is 0.101. The Labute approximate surface area is 122 Å². The Balaban J connectivity index is 2.23. The number of aliphatic hydroxyl groups excluding tert-OH is 1. The van der Waals surface area contributed by atoms with E-state index < -0.39 is 0 Å². The first-order chi connectivity index (χ1) is 9.24. The van der Waals surface area contributed by atoms with Gasteiger partial charge in [0.2, 0.25) is 0 Å². The van der Waals surface area contributed by atoms with Gasteiger partial charge in [0.15, 0.2) is 0 Å². The lowest BCUT2D eigenvalue weighted by Crippen LogP contribution is -2.08. The zero-order chi connectivity index (χ0) is 13.7. The number of rotatable bonds is 5. The van der Waals surface area contributed by atoms with E-state index in [0.29, 0.717) is 0 Å². The van der Waals surface area contributed by atoms with Gasteiger partial charge in [0.1, 0.15) is 5.75 Å². The molecule has 0 aromatic heterocycles. The molecule has 0 aliphatic heterocycles. The molecule has 0 aliphatic carbocycles. The molecule has 0 aliphatic rings. The van der Waals surface area contributed by atoms with E-state index in [9.17, 15) is 5.11 Å². The Morgan fingerprint density at radius 2 is 1.89 bits per heavy atom. The first-order valence-corrected chi connectivity index (χ1v) is 7.02. The zero-order valence-electron chi connectivity index (χ0n) is 10.8. The van der Waals surface area contributed by atoms with Crippen molar-refractivity contribution in [3.05, 3.63) is 64.1 Å². The van der Waals surface area contributed by atoms with Gasteiger partial charge in [-0.3, -0.25) is 0 Å². The van der Waals surface area contributed by atoms with Crippen LogP contribution in [0.5, 0.6) is 5.75 Å². The van der Waals surface area contributed by atoms with Crippen molar-refractivity contribution in [1.82, 2.24) is 0 Å². The molecule has 2 nitrogen and oxygen atoms in total. The van der Waals surface area contributed by atoms with Crippen LogP contribution in [0.3, 0.4) is 0 Å². The molecule has 19 heavy (non-hydrogen) atoms. The van der Waals surface area contributed by atoms with Crippen LogP contribution in [-0.2, 0) is 6.42 Å². The van der Waals surface area contributed by atoms with Crippen LogP contribution in [0.25, 0.3) is 0 Å². The summed E-state index contributed by atoms with van der Waals surface area (Å²) < 4.78 is 6.29. The van der Waals surface area contributed by atoms with E-state index >= 15 is 0 Å². The van der Waals surface area contributed by atoms with Crippen LogP contribution in [0.1, 0.15) is 17.0 Å². The minimum Gasteiger partial charge on any atom is -0.497 e. The van der Waals surface area contributed by atoms with E-state index in [1.165, 1.54) is 0 Å². The van der Waals surface area contributed by atoms with E-state index in [1.807, 2.05) is 36.4 Å². The van der Waals surface area contributed by atoms with Crippen LogP contribution in [0.15, 0.2) is 53.0 Å². The van der Waals surface area contributed by atoms with Gasteiger partial charge in [-0.1, -0.05) is 46.3 Å². The summed E-state index contributed by atoms with van der Waals surface area (Å²) >= 11 is 3.55. The molecule has 0 amide bonds. The van der Waals surface area contributed by atoms with E-state index in [-0.39, 0.29) is 12.5 Å². The van der Waals surface area contributed by atoms with E-state index in [4.69, 9.17) is 4.74 Å². The highest BCUT2D eigenvalue weighted by Crippen LogP contribution is 2.28. The van der Waals surface area contributed by atoms with Crippen molar-refractivity contribution in [2.24, 2.45) is 0 Å². The largest absolute Gasteiger partial charge is 0.497 e. The second-order valence-electron chi connectivity index (χ2n) is 4.45. The molecular weight excluding hydrogens is 304 g/mol. The summed E-state index contributed by atoms with van der Waals surface area (Å²) in [7, 11) is 1.66. The fraction of sp³-hybridized carbons (Fsp3) is 0.250. The number of ether oxygens (including phenoxy) is 1. The Bertz CT molecular complexity index is 526. The Morgan fingerprint density at radius 1 is 1.16 bits per heavy atom. The lowest BCUT2D eigenvalue weighted by Gasteiger charge is -2.16. The fourth-order valence-electron chi connectivity index (χ4n) is 2.11. The van der Waals surface area contributed by atoms with Crippen LogP contribution in [0.4, 0.5) is 0 Å². The number of aliphatic hydroxyl groups is 1. The van der Waals surface area contributed by atoms with Gasteiger partial charge in [0.25, 0.3) is 0 Å². The van der Waals surface area contributed by atoms with E-state index in [0.717, 1.165) is 27.8 Å². The summed E-state index contributed by atoms with van der Waals surface area (Å²) in [6.07, 6.45) is 0.776. The highest BCUT2D eigenvalue weighted by molar-refractivity contribution is 9.10. The lowest BCUT2D eigenvalue weighted by molar-refractivity contribution is 0.264. The molecule has 1 atom stereocenters. The van der Waals surface area contributed by atoms with Crippen molar-refractivity contribution < 1.29 is 9.84 Å². The van der Waals surface area contributed by atoms with Gasteiger partial charge in [-0.25, -0.2) is 0 Å². The number of hydrogen-bond acceptors (Lipinski definition) is 2. The third kappa shape index (κ3) is 3.58. The quantitative estimate of drug-likeness (QED) is 0.908. The smallest absolute Gasteiger partial charge is 0.119 e. The summed E-state index contributed by atoms with van der Waals surface area (Å²) in [6.45, 7) is 0.133. The van der Waals surface area contributed by atoms with Gasteiger partial charge < -0.3 is 9.84 Å². The second-order valence-corrected chi connectivity index (χ2v) is 5.31. The van der Waals surface area contributed by atoms with Crippen molar-refractivity contribution >= 4 is 15.9 Å². The molecule has 0 heterocycles. The summed E-state index contributed by atoms with van der Waals surface area (Å²) in [6, 6.07) is 16.0. The Hall–Kier alpha value is -1.32. The summed E-state index contributed by atoms with van der Waals surface area (Å²) in [5, 5.41) is 9.61. The Kier molecular flexibility index (Phi) is 5.00. The molecule has 0 saturated heterocycles. The van der Waals surface area contributed by atoms with E-state index in [1.54, 1.807) is 7.11 Å². The molecule has 1 unspecified atom stereocenters. The summed E-state index contributed by atoms with van der Waals surface area (Å²) in [5.74, 6) is 0.938. The van der Waals surface area contributed by atoms with Crippen molar-refractivity contribution in [3.8, 4) is 5.75 Å². The van der Waals surface area contributed by atoms with Crippen LogP contribution in [0, 0.1) is 0 Å².